The maximum atomic E-state index is 9.97. The van der Waals surface area contributed by atoms with Crippen LogP contribution in [0.4, 0.5) is 0 Å². The third-order valence-electron chi connectivity index (χ3n) is 4.11. The number of rotatable bonds is 2. The normalized spacial score (nSPS) is 34.2. The van der Waals surface area contributed by atoms with E-state index >= 15 is 0 Å². The Labute approximate surface area is 96.9 Å². The highest BCUT2D eigenvalue weighted by Gasteiger charge is 2.40. The quantitative estimate of drug-likeness (QED) is 0.817. The molecule has 3 atom stereocenters. The number of likely N-dealkylation sites (tertiary alicyclic amines) is 1. The van der Waals surface area contributed by atoms with Crippen molar-refractivity contribution in [1.82, 2.24) is 4.90 Å². The number of hydrogen-bond acceptors (Lipinski definition) is 2. The highest BCUT2D eigenvalue weighted by atomic mass is 16.3. The molecule has 0 radical (unpaired) electrons. The van der Waals surface area contributed by atoms with Gasteiger partial charge in [-0.1, -0.05) is 30.3 Å². The lowest BCUT2D eigenvalue weighted by Crippen LogP contribution is -2.44. The van der Waals surface area contributed by atoms with Crippen LogP contribution < -0.4 is 0 Å². The first-order valence-electron chi connectivity index (χ1n) is 6.27. The van der Waals surface area contributed by atoms with Crippen molar-refractivity contribution in [3.8, 4) is 0 Å². The van der Waals surface area contributed by atoms with Crippen LogP contribution in [0.2, 0.25) is 0 Å². The van der Waals surface area contributed by atoms with Crippen LogP contribution in [-0.2, 0) is 6.54 Å². The highest BCUT2D eigenvalue weighted by molar-refractivity contribution is 5.14. The molecular formula is C14H19NO. The van der Waals surface area contributed by atoms with Gasteiger partial charge in [-0.2, -0.15) is 0 Å². The average molecular weight is 217 g/mol. The molecule has 2 aliphatic rings. The fourth-order valence-electron chi connectivity index (χ4n) is 3.26. The molecule has 1 aliphatic carbocycles. The molecule has 86 valence electrons. The number of nitrogens with zero attached hydrogens (tertiary/aromatic N) is 1. The first kappa shape index (κ1) is 10.3. The Balaban J connectivity index is 1.66. The number of piperidine rings is 1. The minimum Gasteiger partial charge on any atom is -0.392 e. The molecule has 2 unspecified atom stereocenters. The van der Waals surface area contributed by atoms with Crippen LogP contribution in [0.3, 0.4) is 0 Å². The van der Waals surface area contributed by atoms with E-state index in [0.29, 0.717) is 11.8 Å². The largest absolute Gasteiger partial charge is 0.392 e. The second kappa shape index (κ2) is 4.19. The molecule has 0 spiro atoms. The highest BCUT2D eigenvalue weighted by Crippen LogP contribution is 2.37. The standard InChI is InChI=1S/C14H19NO/c16-14-12-6-7-13(14)10-15(9-12)8-11-4-2-1-3-5-11/h1-5,12-14,16H,6-10H2/t12-,13?,14?/m1/s1. The molecule has 1 saturated heterocycles. The van der Waals surface area contributed by atoms with Crippen LogP contribution in [-0.4, -0.2) is 29.2 Å². The topological polar surface area (TPSA) is 23.5 Å². The van der Waals surface area contributed by atoms with E-state index in [2.05, 4.69) is 35.2 Å². The summed E-state index contributed by atoms with van der Waals surface area (Å²) in [5, 5.41) is 9.97. The second-order valence-corrected chi connectivity index (χ2v) is 5.27. The van der Waals surface area contributed by atoms with Gasteiger partial charge >= 0.3 is 0 Å². The predicted octanol–water partition coefficient (Wildman–Crippen LogP) is 1.89. The summed E-state index contributed by atoms with van der Waals surface area (Å²) >= 11 is 0. The molecule has 2 heteroatoms. The van der Waals surface area contributed by atoms with Crippen LogP contribution in [0, 0.1) is 11.8 Å². The van der Waals surface area contributed by atoms with E-state index in [1.165, 1.54) is 18.4 Å². The van der Waals surface area contributed by atoms with E-state index in [0.717, 1.165) is 19.6 Å². The number of aliphatic hydroxyl groups is 1. The van der Waals surface area contributed by atoms with E-state index in [4.69, 9.17) is 0 Å². The number of benzene rings is 1. The van der Waals surface area contributed by atoms with Gasteiger partial charge in [0.1, 0.15) is 0 Å². The van der Waals surface area contributed by atoms with Gasteiger partial charge in [0.2, 0.25) is 0 Å². The van der Waals surface area contributed by atoms with Crippen molar-refractivity contribution in [1.29, 1.82) is 0 Å². The summed E-state index contributed by atoms with van der Waals surface area (Å²) in [5.74, 6) is 1.06. The fourth-order valence-corrected chi connectivity index (χ4v) is 3.26. The van der Waals surface area contributed by atoms with Crippen molar-refractivity contribution >= 4 is 0 Å². The molecule has 1 N–H and O–H groups in total. The fraction of sp³-hybridized carbons (Fsp3) is 0.571. The first-order valence-corrected chi connectivity index (χ1v) is 6.27. The third kappa shape index (κ3) is 1.87. The summed E-state index contributed by atoms with van der Waals surface area (Å²) in [6.07, 6.45) is 2.42. The Morgan fingerprint density at radius 3 is 2.31 bits per heavy atom. The Kier molecular flexibility index (Phi) is 2.70. The van der Waals surface area contributed by atoms with E-state index in [9.17, 15) is 5.11 Å². The molecule has 1 aromatic rings. The molecule has 0 aromatic heterocycles. The average Bonchev–Trinajstić information content (AvgIpc) is 2.54. The molecule has 2 fully saturated rings. The summed E-state index contributed by atoms with van der Waals surface area (Å²) < 4.78 is 0. The van der Waals surface area contributed by atoms with Crippen molar-refractivity contribution in [2.45, 2.75) is 25.5 Å². The zero-order chi connectivity index (χ0) is 11.0. The van der Waals surface area contributed by atoms with E-state index in [-0.39, 0.29) is 6.10 Å². The first-order chi connectivity index (χ1) is 7.83. The monoisotopic (exact) mass is 217 g/mol. The molecule has 1 aliphatic heterocycles. The van der Waals surface area contributed by atoms with Crippen molar-refractivity contribution in [3.05, 3.63) is 35.9 Å². The maximum Gasteiger partial charge on any atom is 0.0620 e. The molecule has 3 rings (SSSR count). The van der Waals surface area contributed by atoms with E-state index in [1.54, 1.807) is 0 Å². The molecule has 1 heterocycles. The van der Waals surface area contributed by atoms with Gasteiger partial charge < -0.3 is 5.11 Å². The van der Waals surface area contributed by atoms with Crippen LogP contribution in [0.25, 0.3) is 0 Å². The molecule has 16 heavy (non-hydrogen) atoms. The SMILES string of the molecule is OC1C2CC[C@@H]1CN(Cc1ccccc1)C2. The van der Waals surface area contributed by atoms with Crippen LogP contribution in [0.1, 0.15) is 18.4 Å². The van der Waals surface area contributed by atoms with Gasteiger partial charge in [0.05, 0.1) is 6.10 Å². The van der Waals surface area contributed by atoms with Crippen LogP contribution in [0.15, 0.2) is 30.3 Å². The maximum absolute atomic E-state index is 9.97. The van der Waals surface area contributed by atoms with Gasteiger partial charge in [-0.15, -0.1) is 0 Å². The van der Waals surface area contributed by atoms with Gasteiger partial charge in [-0.25, -0.2) is 0 Å². The molecule has 1 saturated carbocycles. The molecule has 1 aromatic carbocycles. The summed E-state index contributed by atoms with van der Waals surface area (Å²) in [6, 6.07) is 10.6. The van der Waals surface area contributed by atoms with Gasteiger partial charge in [0.25, 0.3) is 0 Å². The number of hydrogen-bond donors (Lipinski definition) is 1. The number of aliphatic hydroxyl groups excluding tert-OH is 1. The van der Waals surface area contributed by atoms with E-state index in [1.807, 2.05) is 0 Å². The summed E-state index contributed by atoms with van der Waals surface area (Å²) in [5.41, 5.74) is 1.39. The zero-order valence-corrected chi connectivity index (χ0v) is 9.55. The van der Waals surface area contributed by atoms with Crippen molar-refractivity contribution in [2.75, 3.05) is 13.1 Å². The lowest BCUT2D eigenvalue weighted by molar-refractivity contribution is 0.0139. The van der Waals surface area contributed by atoms with Crippen LogP contribution >= 0.6 is 0 Å². The molecular weight excluding hydrogens is 198 g/mol. The van der Waals surface area contributed by atoms with Crippen LogP contribution in [0.5, 0.6) is 0 Å². The Bertz CT molecular complexity index is 337. The summed E-state index contributed by atoms with van der Waals surface area (Å²) in [7, 11) is 0. The molecule has 2 bridgehead atoms. The summed E-state index contributed by atoms with van der Waals surface area (Å²) in [6.45, 7) is 3.19. The predicted molar refractivity (Wildman–Crippen MR) is 63.9 cm³/mol. The molecule has 2 nitrogen and oxygen atoms in total. The number of fused-ring (bicyclic) bond motifs is 2. The Hall–Kier alpha value is -0.860. The van der Waals surface area contributed by atoms with Gasteiger partial charge in [-0.05, 0) is 30.2 Å². The minimum absolute atomic E-state index is 0.0213. The van der Waals surface area contributed by atoms with Crippen molar-refractivity contribution in [2.24, 2.45) is 11.8 Å². The van der Waals surface area contributed by atoms with Crippen molar-refractivity contribution in [3.63, 3.8) is 0 Å². The smallest absolute Gasteiger partial charge is 0.0620 e. The van der Waals surface area contributed by atoms with Gasteiger partial charge in [-0.3, -0.25) is 4.90 Å². The summed E-state index contributed by atoms with van der Waals surface area (Å²) in [4.78, 5) is 2.50. The minimum atomic E-state index is -0.0213. The van der Waals surface area contributed by atoms with E-state index < -0.39 is 0 Å². The Morgan fingerprint density at radius 2 is 1.69 bits per heavy atom. The molecule has 0 amide bonds. The van der Waals surface area contributed by atoms with Gasteiger partial charge in [0.15, 0.2) is 0 Å². The van der Waals surface area contributed by atoms with Gasteiger partial charge in [0, 0.05) is 19.6 Å². The lowest BCUT2D eigenvalue weighted by Gasteiger charge is -2.35. The Morgan fingerprint density at radius 1 is 1.06 bits per heavy atom. The lowest BCUT2D eigenvalue weighted by atomic mass is 9.95. The zero-order valence-electron chi connectivity index (χ0n) is 9.55. The van der Waals surface area contributed by atoms with Crippen molar-refractivity contribution < 1.29 is 5.11 Å². The second-order valence-electron chi connectivity index (χ2n) is 5.27. The third-order valence-corrected chi connectivity index (χ3v) is 4.11.